The van der Waals surface area contributed by atoms with Crippen molar-refractivity contribution in [2.75, 3.05) is 52.9 Å². The summed E-state index contributed by atoms with van der Waals surface area (Å²) in [4.78, 5) is 20.0. The summed E-state index contributed by atoms with van der Waals surface area (Å²) in [6, 6.07) is 8.75. The molecule has 1 amide bonds. The zero-order valence-electron chi connectivity index (χ0n) is 15.2. The third-order valence-corrected chi connectivity index (χ3v) is 5.21. The Morgan fingerprint density at radius 2 is 1.79 bits per heavy atom. The highest BCUT2D eigenvalue weighted by molar-refractivity contribution is 5.83. The molecule has 2 atom stereocenters. The number of nitrogens with zero attached hydrogens (tertiary/aromatic N) is 3. The van der Waals surface area contributed by atoms with Crippen LogP contribution in [0.5, 0.6) is 0 Å². The van der Waals surface area contributed by atoms with Crippen LogP contribution in [0.15, 0.2) is 24.3 Å². The Kier molecular flexibility index (Phi) is 5.54. The van der Waals surface area contributed by atoms with Crippen molar-refractivity contribution in [3.8, 4) is 0 Å². The maximum Gasteiger partial charge on any atom is 0.244 e. The van der Waals surface area contributed by atoms with Gasteiger partial charge in [-0.25, -0.2) is 0 Å². The third-order valence-electron chi connectivity index (χ3n) is 5.21. The number of piperazine rings is 2. The lowest BCUT2D eigenvalue weighted by Gasteiger charge is -2.41. The zero-order chi connectivity index (χ0) is 17.1. The minimum Gasteiger partial charge on any atom is -0.338 e. The molecule has 1 N–H and O–H groups in total. The second-order valence-electron chi connectivity index (χ2n) is 7.29. The van der Waals surface area contributed by atoms with Gasteiger partial charge in [-0.2, -0.15) is 0 Å². The highest BCUT2D eigenvalue weighted by Crippen LogP contribution is 2.25. The van der Waals surface area contributed by atoms with E-state index in [0.717, 1.165) is 51.4 Å². The molecule has 0 spiro atoms. The van der Waals surface area contributed by atoms with E-state index >= 15 is 0 Å². The lowest BCUT2D eigenvalue weighted by molar-refractivity contribution is -0.139. The van der Waals surface area contributed by atoms with E-state index in [9.17, 15) is 4.79 Å². The topological polar surface area (TPSA) is 38.8 Å². The van der Waals surface area contributed by atoms with Crippen molar-refractivity contribution >= 4 is 5.91 Å². The summed E-state index contributed by atoms with van der Waals surface area (Å²) in [6.45, 7) is 10.7. The molecule has 2 unspecified atom stereocenters. The van der Waals surface area contributed by atoms with E-state index in [-0.39, 0.29) is 11.9 Å². The first-order valence-corrected chi connectivity index (χ1v) is 9.06. The molecule has 5 heteroatoms. The van der Waals surface area contributed by atoms with Gasteiger partial charge < -0.3 is 15.1 Å². The fourth-order valence-corrected chi connectivity index (χ4v) is 3.65. The van der Waals surface area contributed by atoms with E-state index in [4.69, 9.17) is 0 Å². The Bertz CT molecular complexity index is 551. The number of nitrogens with one attached hydrogen (secondary N) is 1. The van der Waals surface area contributed by atoms with E-state index in [0.29, 0.717) is 6.04 Å². The summed E-state index contributed by atoms with van der Waals surface area (Å²) in [5, 5.41) is 3.48. The maximum atomic E-state index is 13.3. The lowest BCUT2D eigenvalue weighted by Crippen LogP contribution is -2.55. The van der Waals surface area contributed by atoms with E-state index in [1.807, 2.05) is 0 Å². The molecule has 2 heterocycles. The number of carbonyl (C=O) groups excluding carboxylic acids is 1. The van der Waals surface area contributed by atoms with Crippen molar-refractivity contribution in [3.05, 3.63) is 35.4 Å². The van der Waals surface area contributed by atoms with Crippen LogP contribution in [-0.2, 0) is 4.79 Å². The van der Waals surface area contributed by atoms with Crippen molar-refractivity contribution in [2.45, 2.75) is 25.9 Å². The molecule has 1 aromatic rings. The minimum atomic E-state index is -0.154. The Balaban J connectivity index is 1.83. The second-order valence-corrected chi connectivity index (χ2v) is 7.29. The average Bonchev–Trinajstić information content (AvgIpc) is 2.57. The molecule has 132 valence electrons. The zero-order valence-corrected chi connectivity index (χ0v) is 15.2. The van der Waals surface area contributed by atoms with Crippen LogP contribution in [0.3, 0.4) is 0 Å². The molecule has 0 radical (unpaired) electrons. The lowest BCUT2D eigenvalue weighted by atomic mass is 10.00. The van der Waals surface area contributed by atoms with Gasteiger partial charge in [-0.1, -0.05) is 29.8 Å². The van der Waals surface area contributed by atoms with Crippen molar-refractivity contribution < 1.29 is 4.79 Å². The number of benzene rings is 1. The number of hydrogen-bond acceptors (Lipinski definition) is 4. The van der Waals surface area contributed by atoms with Gasteiger partial charge in [-0.3, -0.25) is 9.69 Å². The van der Waals surface area contributed by atoms with E-state index < -0.39 is 0 Å². The Labute approximate surface area is 145 Å². The molecule has 0 bridgehead atoms. The predicted octanol–water partition coefficient (Wildman–Crippen LogP) is 1.10. The van der Waals surface area contributed by atoms with E-state index in [2.05, 4.69) is 65.2 Å². The Hall–Kier alpha value is -1.43. The molecule has 2 aliphatic heterocycles. The maximum absolute atomic E-state index is 13.3. The number of carbonyl (C=O) groups is 1. The van der Waals surface area contributed by atoms with Gasteiger partial charge in [0.25, 0.3) is 0 Å². The van der Waals surface area contributed by atoms with Crippen molar-refractivity contribution in [1.29, 1.82) is 0 Å². The first-order chi connectivity index (χ1) is 11.5. The number of aryl methyl sites for hydroxylation is 1. The number of hydrogen-bond donors (Lipinski definition) is 1. The SMILES string of the molecule is Cc1ccc(C(C(=O)N2CCN(C)CC2)N2CCNC(C)C2)cc1. The normalized spacial score (nSPS) is 24.8. The molecule has 2 saturated heterocycles. The molecule has 1 aromatic carbocycles. The minimum absolute atomic E-state index is 0.154. The third kappa shape index (κ3) is 3.97. The molecular weight excluding hydrogens is 300 g/mol. The fraction of sp³-hybridized carbons (Fsp3) is 0.632. The molecule has 0 aliphatic carbocycles. The molecule has 0 saturated carbocycles. The van der Waals surface area contributed by atoms with Gasteiger partial charge in [0.05, 0.1) is 0 Å². The van der Waals surface area contributed by atoms with Gasteiger partial charge in [-0.05, 0) is 26.5 Å². The number of likely N-dealkylation sites (N-methyl/N-ethyl adjacent to an activating group) is 1. The van der Waals surface area contributed by atoms with Crippen molar-refractivity contribution in [3.63, 3.8) is 0 Å². The number of rotatable bonds is 3. The molecule has 0 aromatic heterocycles. The monoisotopic (exact) mass is 330 g/mol. The number of amides is 1. The van der Waals surface area contributed by atoms with Crippen LogP contribution in [0.4, 0.5) is 0 Å². The van der Waals surface area contributed by atoms with Crippen LogP contribution in [0, 0.1) is 6.92 Å². The molecule has 3 rings (SSSR count). The highest BCUT2D eigenvalue weighted by Gasteiger charge is 2.34. The molecule has 24 heavy (non-hydrogen) atoms. The van der Waals surface area contributed by atoms with Gasteiger partial charge >= 0.3 is 0 Å². The highest BCUT2D eigenvalue weighted by atomic mass is 16.2. The molecular formula is C19H30N4O. The van der Waals surface area contributed by atoms with E-state index in [1.54, 1.807) is 0 Å². The predicted molar refractivity (Wildman–Crippen MR) is 97.0 cm³/mol. The molecule has 5 nitrogen and oxygen atoms in total. The van der Waals surface area contributed by atoms with Crippen LogP contribution in [0.1, 0.15) is 24.1 Å². The second kappa shape index (κ2) is 7.64. The smallest absolute Gasteiger partial charge is 0.244 e. The average molecular weight is 330 g/mol. The van der Waals surface area contributed by atoms with Crippen LogP contribution in [0.2, 0.25) is 0 Å². The summed E-state index contributed by atoms with van der Waals surface area (Å²) < 4.78 is 0. The van der Waals surface area contributed by atoms with Crippen LogP contribution < -0.4 is 5.32 Å². The summed E-state index contributed by atoms with van der Waals surface area (Å²) in [7, 11) is 2.12. The first-order valence-electron chi connectivity index (χ1n) is 9.06. The summed E-state index contributed by atoms with van der Waals surface area (Å²) in [5.74, 6) is 0.265. The molecule has 2 fully saturated rings. The van der Waals surface area contributed by atoms with Gasteiger partial charge in [0.15, 0.2) is 0 Å². The summed E-state index contributed by atoms with van der Waals surface area (Å²) in [5.41, 5.74) is 2.36. The van der Waals surface area contributed by atoms with Crippen molar-refractivity contribution in [2.24, 2.45) is 0 Å². The van der Waals surface area contributed by atoms with Crippen LogP contribution >= 0.6 is 0 Å². The molecule has 2 aliphatic rings. The largest absolute Gasteiger partial charge is 0.338 e. The summed E-state index contributed by atoms with van der Waals surface area (Å²) >= 11 is 0. The summed E-state index contributed by atoms with van der Waals surface area (Å²) in [6.07, 6.45) is 0. The van der Waals surface area contributed by atoms with Gasteiger partial charge in [-0.15, -0.1) is 0 Å². The van der Waals surface area contributed by atoms with Gasteiger partial charge in [0, 0.05) is 51.9 Å². The van der Waals surface area contributed by atoms with Gasteiger partial charge in [0.2, 0.25) is 5.91 Å². The standard InChI is InChI=1S/C19H30N4O/c1-15-4-6-17(7-5-15)18(23-9-8-20-16(2)14-23)19(24)22-12-10-21(3)11-13-22/h4-7,16,18,20H,8-14H2,1-3H3. The quantitative estimate of drug-likeness (QED) is 0.901. The Morgan fingerprint density at radius 3 is 2.42 bits per heavy atom. The van der Waals surface area contributed by atoms with E-state index in [1.165, 1.54) is 5.56 Å². The Morgan fingerprint density at radius 1 is 1.12 bits per heavy atom. The van der Waals surface area contributed by atoms with Crippen molar-refractivity contribution in [1.82, 2.24) is 20.0 Å². The first kappa shape index (κ1) is 17.4. The van der Waals surface area contributed by atoms with Crippen LogP contribution in [0.25, 0.3) is 0 Å². The fourth-order valence-electron chi connectivity index (χ4n) is 3.65. The van der Waals surface area contributed by atoms with Gasteiger partial charge in [0.1, 0.15) is 6.04 Å². The van der Waals surface area contributed by atoms with Crippen LogP contribution in [-0.4, -0.2) is 79.5 Å².